The van der Waals surface area contributed by atoms with Crippen molar-refractivity contribution in [3.05, 3.63) is 0 Å². The predicted molar refractivity (Wildman–Crippen MR) is 20.1 cm³/mol. The molecule has 1 atom stereocenters. The van der Waals surface area contributed by atoms with Gasteiger partial charge in [-0.25, -0.2) is 0 Å². The van der Waals surface area contributed by atoms with Gasteiger partial charge in [0.15, 0.2) is 0 Å². The summed E-state index contributed by atoms with van der Waals surface area (Å²) >= 11 is 0. The molecule has 0 heterocycles. The van der Waals surface area contributed by atoms with Crippen molar-refractivity contribution in [2.75, 3.05) is 6.54 Å². The fourth-order valence-electron chi connectivity index (χ4n) is 0.0962. The number of carboxylic acid groups (broad SMARTS) is 1. The second-order valence-electron chi connectivity index (χ2n) is 1.07. The molecule has 0 aliphatic heterocycles. The molecule has 0 aromatic heterocycles. The Morgan fingerprint density at radius 3 is 2.25 bits per heavy atom. The van der Waals surface area contributed by atoms with Crippen molar-refractivity contribution in [3.63, 3.8) is 0 Å². The second kappa shape index (κ2) is 5.53. The van der Waals surface area contributed by atoms with Crippen molar-refractivity contribution in [1.29, 1.82) is 0 Å². The summed E-state index contributed by atoms with van der Waals surface area (Å²) in [4.78, 5) is 9.49. The Morgan fingerprint density at radius 1 is 1.88 bits per heavy atom. The molecule has 4 nitrogen and oxygen atoms in total. The quantitative estimate of drug-likeness (QED) is 0.361. The van der Waals surface area contributed by atoms with Crippen LogP contribution in [0.15, 0.2) is 0 Å². The summed E-state index contributed by atoms with van der Waals surface area (Å²) in [6, 6.07) is 0. The van der Waals surface area contributed by atoms with Crippen LogP contribution in [-0.4, -0.2) is 23.7 Å². The molecular formula is C3H6NNaO3. The smallest absolute Gasteiger partial charge is 0.547 e. The van der Waals surface area contributed by atoms with E-state index in [0.29, 0.717) is 0 Å². The zero-order chi connectivity index (χ0) is 5.86. The monoisotopic (exact) mass is 127 g/mol. The van der Waals surface area contributed by atoms with E-state index in [4.69, 9.17) is 10.8 Å². The van der Waals surface area contributed by atoms with Crippen molar-refractivity contribution in [3.8, 4) is 0 Å². The van der Waals surface area contributed by atoms with E-state index in [1.165, 1.54) is 0 Å². The first-order chi connectivity index (χ1) is 3.18. The number of aliphatic carboxylic acids is 1. The standard InChI is InChI=1S/C3H7NO3.Na/c4-1-2(5)3(6)7;/h2,5H,1,4H2,(H,6,7);/q;+1/p-1. The minimum Gasteiger partial charge on any atom is -0.547 e. The Morgan fingerprint density at radius 2 is 2.25 bits per heavy atom. The number of carboxylic acids is 1. The summed E-state index contributed by atoms with van der Waals surface area (Å²) in [7, 11) is 0. The van der Waals surface area contributed by atoms with Crippen LogP contribution in [0.3, 0.4) is 0 Å². The number of rotatable bonds is 2. The van der Waals surface area contributed by atoms with Crippen LogP contribution in [0.2, 0.25) is 0 Å². The molecule has 0 saturated carbocycles. The molecule has 0 aromatic carbocycles. The fourth-order valence-corrected chi connectivity index (χ4v) is 0.0962. The average molecular weight is 127 g/mol. The summed E-state index contributed by atoms with van der Waals surface area (Å²) in [6.45, 7) is -0.289. The minimum absolute atomic E-state index is 0. The van der Waals surface area contributed by atoms with Gasteiger partial charge in [0, 0.05) is 6.54 Å². The van der Waals surface area contributed by atoms with Gasteiger partial charge >= 0.3 is 29.6 Å². The normalized spacial score (nSPS) is 11.8. The molecule has 0 aliphatic carbocycles. The van der Waals surface area contributed by atoms with Gasteiger partial charge in [-0.15, -0.1) is 0 Å². The largest absolute Gasteiger partial charge is 1.00 e. The minimum atomic E-state index is -1.53. The zero-order valence-corrected chi connectivity index (χ0v) is 6.63. The molecule has 0 amide bonds. The van der Waals surface area contributed by atoms with E-state index in [2.05, 4.69) is 0 Å². The van der Waals surface area contributed by atoms with Gasteiger partial charge in [-0.2, -0.15) is 0 Å². The Balaban J connectivity index is 0. The molecule has 0 aromatic rings. The van der Waals surface area contributed by atoms with E-state index in [-0.39, 0.29) is 36.1 Å². The molecule has 1 unspecified atom stereocenters. The third-order valence-corrected chi connectivity index (χ3v) is 0.495. The number of carbonyl (C=O) groups is 1. The second-order valence-corrected chi connectivity index (χ2v) is 1.07. The SMILES string of the molecule is NCC(O)C(=O)[O-].[Na+]. The molecule has 0 bridgehead atoms. The number of nitrogens with two attached hydrogens (primary N) is 1. The van der Waals surface area contributed by atoms with Crippen LogP contribution in [-0.2, 0) is 4.79 Å². The van der Waals surface area contributed by atoms with E-state index in [1.807, 2.05) is 0 Å². The van der Waals surface area contributed by atoms with Crippen molar-refractivity contribution >= 4 is 5.97 Å². The topological polar surface area (TPSA) is 86.4 Å². The molecule has 0 aliphatic rings. The molecule has 42 valence electrons. The van der Waals surface area contributed by atoms with Gasteiger partial charge in [-0.05, 0) is 0 Å². The van der Waals surface area contributed by atoms with Crippen LogP contribution in [0.5, 0.6) is 0 Å². The third kappa shape index (κ3) is 4.55. The number of hydrogen-bond donors (Lipinski definition) is 2. The van der Waals surface area contributed by atoms with Gasteiger partial charge in [0.25, 0.3) is 0 Å². The van der Waals surface area contributed by atoms with Crippen molar-refractivity contribution in [2.45, 2.75) is 6.10 Å². The molecule has 3 N–H and O–H groups in total. The van der Waals surface area contributed by atoms with Crippen LogP contribution < -0.4 is 40.4 Å². The first-order valence-corrected chi connectivity index (χ1v) is 1.77. The van der Waals surface area contributed by atoms with E-state index >= 15 is 0 Å². The van der Waals surface area contributed by atoms with E-state index in [9.17, 15) is 9.90 Å². The van der Waals surface area contributed by atoms with Crippen LogP contribution in [0.4, 0.5) is 0 Å². The van der Waals surface area contributed by atoms with Gasteiger partial charge < -0.3 is 20.7 Å². The first kappa shape index (κ1) is 11.2. The zero-order valence-electron chi connectivity index (χ0n) is 4.63. The molecule has 5 heteroatoms. The fraction of sp³-hybridized carbons (Fsp3) is 0.667. The third-order valence-electron chi connectivity index (χ3n) is 0.495. The molecule has 0 spiro atoms. The van der Waals surface area contributed by atoms with E-state index < -0.39 is 12.1 Å². The Hall–Kier alpha value is 0.390. The van der Waals surface area contributed by atoms with E-state index in [0.717, 1.165) is 0 Å². The van der Waals surface area contributed by atoms with Crippen molar-refractivity contribution < 1.29 is 44.6 Å². The van der Waals surface area contributed by atoms with Crippen LogP contribution in [0.1, 0.15) is 0 Å². The van der Waals surface area contributed by atoms with E-state index in [1.54, 1.807) is 0 Å². The maximum atomic E-state index is 9.49. The summed E-state index contributed by atoms with van der Waals surface area (Å²) in [5.41, 5.74) is 4.70. The van der Waals surface area contributed by atoms with Gasteiger partial charge in [-0.1, -0.05) is 0 Å². The maximum absolute atomic E-state index is 9.49. The summed E-state index contributed by atoms with van der Waals surface area (Å²) < 4.78 is 0. The molecule has 0 rings (SSSR count). The summed E-state index contributed by atoms with van der Waals surface area (Å²) in [5, 5.41) is 17.6. The molecular weight excluding hydrogens is 121 g/mol. The summed E-state index contributed by atoms with van der Waals surface area (Å²) in [6.07, 6.45) is -1.51. The first-order valence-electron chi connectivity index (χ1n) is 1.77. The van der Waals surface area contributed by atoms with Gasteiger partial charge in [0.1, 0.15) is 6.10 Å². The van der Waals surface area contributed by atoms with Gasteiger partial charge in [-0.3, -0.25) is 0 Å². The Kier molecular flexibility index (Phi) is 7.75. The van der Waals surface area contributed by atoms with Crippen LogP contribution in [0, 0.1) is 0 Å². The van der Waals surface area contributed by atoms with Crippen LogP contribution in [0.25, 0.3) is 0 Å². The molecule has 8 heavy (non-hydrogen) atoms. The Bertz CT molecular complexity index is 76.9. The number of hydrogen-bond acceptors (Lipinski definition) is 4. The average Bonchev–Trinajstić information content (AvgIpc) is 1.65. The maximum Gasteiger partial charge on any atom is 1.00 e. The van der Waals surface area contributed by atoms with Gasteiger partial charge in [0.05, 0.1) is 5.97 Å². The number of aliphatic hydroxyl groups excluding tert-OH is 1. The van der Waals surface area contributed by atoms with Gasteiger partial charge in [0.2, 0.25) is 0 Å². The number of aliphatic hydroxyl groups is 1. The van der Waals surface area contributed by atoms with Crippen molar-refractivity contribution in [2.24, 2.45) is 5.73 Å². The Labute approximate surface area is 69.0 Å². The number of carbonyl (C=O) groups excluding carboxylic acids is 1. The van der Waals surface area contributed by atoms with Crippen LogP contribution >= 0.6 is 0 Å². The molecule has 0 fully saturated rings. The van der Waals surface area contributed by atoms with Crippen molar-refractivity contribution in [1.82, 2.24) is 0 Å². The molecule has 0 saturated heterocycles. The summed E-state index contributed by atoms with van der Waals surface area (Å²) in [5.74, 6) is -1.53. The molecule has 0 radical (unpaired) electrons. The predicted octanol–water partition coefficient (Wildman–Crippen LogP) is -5.94.